The number of H-pyrrole nitrogens is 6. The minimum Gasteiger partial charge on any atom is -0.383 e. The number of aryl methyl sites for hydroxylation is 1. The number of methoxy groups -OCH3 is 1. The van der Waals surface area contributed by atoms with E-state index in [1.165, 1.54) is 61.7 Å². The molecule has 33 heteroatoms. The first kappa shape index (κ1) is 76.3. The van der Waals surface area contributed by atoms with E-state index in [1.807, 2.05) is 73.6 Å². The van der Waals surface area contributed by atoms with E-state index in [-0.39, 0.29) is 24.4 Å². The monoisotopic (exact) mass is 1570 g/mol. The van der Waals surface area contributed by atoms with Crippen LogP contribution in [0.5, 0.6) is 0 Å². The number of imide groups is 1. The molecule has 11 aromatic rings. The van der Waals surface area contributed by atoms with Gasteiger partial charge in [-0.3, -0.25) is 40.3 Å². The fourth-order valence-electron chi connectivity index (χ4n) is 16.1. The third kappa shape index (κ3) is 17.4. The lowest BCUT2D eigenvalue weighted by Crippen LogP contribution is -2.44. The average Bonchev–Trinajstić information content (AvgIpc) is 1.50. The number of carbonyl (C=O) groups excluding carboxylic acids is 2. The molecule has 13 heterocycles. The van der Waals surface area contributed by atoms with Gasteiger partial charge in [0.1, 0.15) is 6.04 Å². The molecule has 18 rings (SSSR count). The molecule has 0 spiro atoms. The van der Waals surface area contributed by atoms with E-state index >= 15 is 0 Å². The molecule has 3 amide bonds. The summed E-state index contributed by atoms with van der Waals surface area (Å²) in [4.78, 5) is 32.8. The summed E-state index contributed by atoms with van der Waals surface area (Å²) in [5.74, 6) is 1.32. The van der Waals surface area contributed by atoms with Crippen LogP contribution in [0.2, 0.25) is 15.1 Å². The Labute approximate surface area is 641 Å². The van der Waals surface area contributed by atoms with E-state index in [0.717, 1.165) is 201 Å². The van der Waals surface area contributed by atoms with Crippen molar-refractivity contribution in [3.63, 3.8) is 0 Å². The van der Waals surface area contributed by atoms with Crippen LogP contribution in [0.3, 0.4) is 0 Å². The normalized spacial score (nSPS) is 19.1. The molecule has 0 radical (unpaired) electrons. The SMILES string of the molecule is CCc1cc(C2CCN(S(C)(=O)=O)CC2)c2cn[nH]c2c1.COCCN1C(=O)NC(C2CCN(c3cc(Cl)cc4[nH]ncc34)CC2)C1=O.CS(=O)(=O)N1CCC(c2cc(C3CCOCC3)cc3[nH]ncc23)CC1.Clc1cc(N2CCOCC2)c2cn[nH]c2c1.Clc1cc(N2CCc3[nH]ncc3C2)c2cn[nH]c2c1. The van der Waals surface area contributed by atoms with Gasteiger partial charge in [-0.15, -0.1) is 0 Å². The van der Waals surface area contributed by atoms with Gasteiger partial charge in [0.2, 0.25) is 20.0 Å². The zero-order chi connectivity index (χ0) is 75.2. The summed E-state index contributed by atoms with van der Waals surface area (Å²) < 4.78 is 65.8. The largest absolute Gasteiger partial charge is 0.383 e. The van der Waals surface area contributed by atoms with Crippen molar-refractivity contribution < 1.29 is 40.6 Å². The second-order valence-corrected chi connectivity index (χ2v) is 34.0. The number of ether oxygens (including phenoxy) is 3. The molecule has 1 atom stereocenters. The predicted molar refractivity (Wildman–Crippen MR) is 422 cm³/mol. The molecule has 7 aliphatic heterocycles. The lowest BCUT2D eigenvalue weighted by molar-refractivity contribution is -0.129. The van der Waals surface area contributed by atoms with Crippen molar-refractivity contribution in [1.29, 1.82) is 0 Å². The zero-order valence-electron chi connectivity index (χ0n) is 61.0. The molecule has 28 nitrogen and oxygen atoms in total. The third-order valence-electron chi connectivity index (χ3n) is 22.0. The predicted octanol–water partition coefficient (Wildman–Crippen LogP) is 11.4. The van der Waals surface area contributed by atoms with Crippen LogP contribution in [-0.4, -0.2) is 228 Å². The fraction of sp³-hybridized carbons (Fsp3) is 0.467. The Hall–Kier alpha value is -8.43. The summed E-state index contributed by atoms with van der Waals surface area (Å²) in [6.45, 7) is 13.6. The van der Waals surface area contributed by atoms with E-state index in [1.54, 1.807) is 15.7 Å². The number of nitrogens with one attached hydrogen (secondary N) is 7. The second-order valence-electron chi connectivity index (χ2n) is 28.7. The summed E-state index contributed by atoms with van der Waals surface area (Å²) in [6, 6.07) is 19.8. The highest BCUT2D eigenvalue weighted by Crippen LogP contribution is 2.41. The van der Waals surface area contributed by atoms with Gasteiger partial charge in [-0.2, -0.15) is 30.6 Å². The number of urea groups is 1. The summed E-state index contributed by atoms with van der Waals surface area (Å²) in [6.07, 6.45) is 23.0. The first-order chi connectivity index (χ1) is 52.2. The van der Waals surface area contributed by atoms with Crippen molar-refractivity contribution >= 4 is 138 Å². The summed E-state index contributed by atoms with van der Waals surface area (Å²) in [7, 11) is -4.59. The number of benzene rings is 5. The lowest BCUT2D eigenvalue weighted by atomic mass is 9.83. The van der Waals surface area contributed by atoms with Crippen molar-refractivity contribution in [2.45, 2.75) is 101 Å². The standard InChI is InChI=1S/C18H22ClN5O3.C18H25N3O3S.C15H21N3O2S.C13H12ClN5.C11H12ClN3O/c1-27-7-6-24-17(25)16(21-18(24)26)11-2-4-23(5-3-11)15-9-12(19)8-14-13(15)10-20-22-14;1-25(22,23)21-6-2-14(3-7-21)16-10-15(13-4-8-24-9-5-13)11-18-17(16)12-19-20-18;1-3-11-8-13(14-10-16-17-15(14)9-11)12-4-6-18(7-5-12)21(2,19)20;14-9-3-12-10(6-16-18-12)13(4-9)19-2-1-11-8(7-19)5-15-17-11;12-8-5-10-9(7-13-14-10)11(6-8)15-1-3-16-4-2-15/h8-11,16H,2-7H2,1H3,(H,20,22)(H,21,26);10-14H,2-9H2,1H3,(H,19,20);8-10,12H,3-7H2,1-2H3,(H,16,17);3-6H,1-2,7H2,(H,15,17)(H,16,18);5-7H,1-4H2,(H,13,14). The number of sulfonamides is 2. The van der Waals surface area contributed by atoms with Crippen LogP contribution in [0.25, 0.3) is 54.5 Å². The van der Waals surface area contributed by atoms with Gasteiger partial charge in [0.05, 0.1) is 104 Å². The number of halogens is 3. The Morgan fingerprint density at radius 2 is 0.944 bits per heavy atom. The number of fused-ring (bicyclic) bond motifs is 6. The average molecular weight is 1570 g/mol. The fourth-order valence-corrected chi connectivity index (χ4v) is 18.5. The number of amides is 3. The highest BCUT2D eigenvalue weighted by molar-refractivity contribution is 7.88. The van der Waals surface area contributed by atoms with Crippen molar-refractivity contribution in [2.75, 3.05) is 133 Å². The maximum atomic E-state index is 12.6. The van der Waals surface area contributed by atoms with Gasteiger partial charge >= 0.3 is 6.03 Å². The van der Waals surface area contributed by atoms with Gasteiger partial charge in [0.15, 0.2) is 0 Å². The number of rotatable bonds is 13. The van der Waals surface area contributed by atoms with E-state index in [2.05, 4.69) is 112 Å². The van der Waals surface area contributed by atoms with Crippen LogP contribution in [0.4, 0.5) is 21.9 Å². The molecule has 6 aromatic heterocycles. The van der Waals surface area contributed by atoms with Gasteiger partial charge in [-0.1, -0.05) is 53.9 Å². The van der Waals surface area contributed by atoms with E-state index in [9.17, 15) is 26.4 Å². The topological polar surface area (TPSA) is 334 Å². The van der Waals surface area contributed by atoms with Crippen molar-refractivity contribution in [1.82, 2.24) is 80.0 Å². The number of nitrogens with zero attached hydrogens (tertiary/aromatic N) is 12. The first-order valence-electron chi connectivity index (χ1n) is 37.0. The zero-order valence-corrected chi connectivity index (χ0v) is 64.9. The Kier molecular flexibility index (Phi) is 23.9. The van der Waals surface area contributed by atoms with Crippen LogP contribution in [0, 0.1) is 5.92 Å². The number of morpholine rings is 1. The number of aromatic nitrogens is 12. The Morgan fingerprint density at radius 3 is 1.44 bits per heavy atom. The quantitative estimate of drug-likeness (QED) is 0.0527. The number of hydrogen-bond acceptors (Lipinski definition) is 18. The lowest BCUT2D eigenvalue weighted by Gasteiger charge is -2.35. The Morgan fingerprint density at radius 1 is 0.491 bits per heavy atom. The van der Waals surface area contributed by atoms with Crippen molar-refractivity contribution in [3.8, 4) is 0 Å². The Bertz CT molecular complexity index is 5180. The molecule has 0 saturated carbocycles. The number of piperidine rings is 3. The van der Waals surface area contributed by atoms with Crippen LogP contribution >= 0.6 is 34.8 Å². The van der Waals surface area contributed by atoms with Gasteiger partial charge in [-0.25, -0.2) is 30.2 Å². The Balaban J connectivity index is 0.000000114. The molecule has 7 aliphatic rings. The van der Waals surface area contributed by atoms with Gasteiger partial charge in [0, 0.05) is 163 Å². The molecular weight excluding hydrogens is 1480 g/mol. The highest BCUT2D eigenvalue weighted by atomic mass is 35.5. The molecule has 6 saturated heterocycles. The second kappa shape index (κ2) is 33.8. The summed E-state index contributed by atoms with van der Waals surface area (Å²) in [5.41, 5.74) is 16.1. The van der Waals surface area contributed by atoms with Gasteiger partial charge in [0.25, 0.3) is 5.91 Å². The molecule has 0 bridgehead atoms. The molecule has 7 N–H and O–H groups in total. The smallest absolute Gasteiger partial charge is 0.324 e. The highest BCUT2D eigenvalue weighted by Gasteiger charge is 2.43. The first-order valence-corrected chi connectivity index (χ1v) is 41.8. The van der Waals surface area contributed by atoms with Crippen molar-refractivity contribution in [3.05, 3.63) is 146 Å². The van der Waals surface area contributed by atoms with E-state index in [4.69, 9.17) is 49.0 Å². The van der Waals surface area contributed by atoms with Crippen LogP contribution in [0.1, 0.15) is 110 Å². The van der Waals surface area contributed by atoms with E-state index in [0.29, 0.717) is 55.6 Å². The van der Waals surface area contributed by atoms with Crippen LogP contribution in [0.15, 0.2) is 97.8 Å². The minimum absolute atomic E-state index is 0.129. The molecule has 108 heavy (non-hydrogen) atoms. The van der Waals surface area contributed by atoms with Crippen molar-refractivity contribution in [2.24, 2.45) is 5.92 Å². The molecular formula is C75H92Cl3N19O9S2. The van der Waals surface area contributed by atoms with Crippen LogP contribution < -0.4 is 20.0 Å². The van der Waals surface area contributed by atoms with Gasteiger partial charge in [-0.05, 0) is 152 Å². The number of aromatic amines is 6. The van der Waals surface area contributed by atoms with Crippen LogP contribution in [-0.2, 0) is 58.4 Å². The molecule has 0 aliphatic carbocycles. The number of anilines is 3. The number of carbonyl (C=O) groups is 2. The number of hydrogen-bond donors (Lipinski definition) is 7. The maximum absolute atomic E-state index is 12.6. The third-order valence-corrected chi connectivity index (χ3v) is 25.3. The maximum Gasteiger partial charge on any atom is 0.324 e. The minimum atomic E-state index is -3.09. The molecule has 6 fully saturated rings. The van der Waals surface area contributed by atoms with Gasteiger partial charge < -0.3 is 34.2 Å². The molecule has 1 unspecified atom stereocenters. The molecule has 574 valence electrons. The molecule has 5 aromatic carbocycles. The van der Waals surface area contributed by atoms with E-state index < -0.39 is 26.1 Å². The summed E-state index contributed by atoms with van der Waals surface area (Å²) in [5, 5.41) is 53.5. The summed E-state index contributed by atoms with van der Waals surface area (Å²) >= 11 is 18.5.